The van der Waals surface area contributed by atoms with Gasteiger partial charge in [0.1, 0.15) is 0 Å². The molecule has 3 N–H and O–H groups in total. The van der Waals surface area contributed by atoms with Gasteiger partial charge in [0, 0.05) is 32.0 Å². The van der Waals surface area contributed by atoms with E-state index < -0.39 is 5.97 Å². The molecule has 1 aliphatic heterocycles. The summed E-state index contributed by atoms with van der Waals surface area (Å²) in [6.45, 7) is 3.22. The number of carboxylic acids is 1. The predicted octanol–water partition coefficient (Wildman–Crippen LogP) is 1.83. The summed E-state index contributed by atoms with van der Waals surface area (Å²) in [5, 5.41) is 9.27. The first-order valence-corrected chi connectivity index (χ1v) is 6.95. The van der Waals surface area contributed by atoms with Crippen LogP contribution >= 0.6 is 0 Å². The number of hydrogen-bond acceptors (Lipinski definition) is 4. The molecule has 5 nitrogen and oxygen atoms in total. The van der Waals surface area contributed by atoms with E-state index in [1.807, 2.05) is 13.1 Å². The number of rotatable bonds is 5. The molecule has 1 aliphatic rings. The van der Waals surface area contributed by atoms with Crippen molar-refractivity contribution in [3.63, 3.8) is 0 Å². The minimum Gasteiger partial charge on any atom is -0.478 e. The van der Waals surface area contributed by atoms with Gasteiger partial charge in [0.25, 0.3) is 0 Å². The van der Waals surface area contributed by atoms with Gasteiger partial charge >= 0.3 is 5.97 Å². The molecule has 1 aromatic carbocycles. The summed E-state index contributed by atoms with van der Waals surface area (Å²) >= 11 is 0. The molecule has 110 valence electrons. The lowest BCUT2D eigenvalue weighted by Gasteiger charge is -2.27. The highest BCUT2D eigenvalue weighted by Crippen LogP contribution is 2.20. The fourth-order valence-corrected chi connectivity index (χ4v) is 2.74. The molecule has 0 aliphatic carbocycles. The minimum absolute atomic E-state index is 0.228. The number of aromatic carboxylic acids is 1. The molecule has 0 aromatic heterocycles. The molecular formula is C15H22N2O3. The van der Waals surface area contributed by atoms with Crippen LogP contribution in [0.2, 0.25) is 0 Å². The average Bonchev–Trinajstić information content (AvgIpc) is 2.39. The number of nitrogen functional groups attached to an aromatic ring is 1. The summed E-state index contributed by atoms with van der Waals surface area (Å²) in [4.78, 5) is 13.5. The normalized spacial score (nSPS) is 16.5. The molecule has 0 saturated carbocycles. The monoisotopic (exact) mass is 278 g/mol. The number of carbonyl (C=O) groups is 1. The third kappa shape index (κ3) is 3.71. The lowest BCUT2D eigenvalue weighted by Crippen LogP contribution is -2.29. The Balaban J connectivity index is 2.01. The zero-order valence-electron chi connectivity index (χ0n) is 11.8. The zero-order chi connectivity index (χ0) is 14.5. The minimum atomic E-state index is -0.961. The van der Waals surface area contributed by atoms with Gasteiger partial charge in [-0.2, -0.15) is 0 Å². The molecule has 5 heteroatoms. The Kier molecular flexibility index (Phi) is 4.98. The number of ether oxygens (including phenoxy) is 1. The molecule has 0 atom stereocenters. The van der Waals surface area contributed by atoms with Crippen LogP contribution in [0.3, 0.4) is 0 Å². The highest BCUT2D eigenvalue weighted by molar-refractivity contribution is 5.95. The number of hydrogen-bond donors (Lipinski definition) is 2. The summed E-state index contributed by atoms with van der Waals surface area (Å²) in [6, 6.07) is 5.27. The molecule has 0 bridgehead atoms. The molecule has 20 heavy (non-hydrogen) atoms. The van der Waals surface area contributed by atoms with Gasteiger partial charge in [0.15, 0.2) is 0 Å². The van der Waals surface area contributed by atoms with Crippen molar-refractivity contribution in [1.82, 2.24) is 4.90 Å². The smallest absolute Gasteiger partial charge is 0.338 e. The number of carboxylic acid groups (broad SMARTS) is 1. The molecule has 1 fully saturated rings. The number of nitrogens with zero attached hydrogens (tertiary/aromatic N) is 1. The number of benzene rings is 1. The van der Waals surface area contributed by atoms with Gasteiger partial charge in [0.2, 0.25) is 0 Å². The lowest BCUT2D eigenvalue weighted by molar-refractivity contribution is 0.0548. The van der Waals surface area contributed by atoms with E-state index in [1.165, 1.54) is 0 Å². The van der Waals surface area contributed by atoms with Crippen LogP contribution in [0.4, 0.5) is 5.69 Å². The highest BCUT2D eigenvalue weighted by atomic mass is 16.5. The van der Waals surface area contributed by atoms with Crippen LogP contribution in [0.5, 0.6) is 0 Å². The van der Waals surface area contributed by atoms with Crippen molar-refractivity contribution in [2.45, 2.75) is 19.4 Å². The fourth-order valence-electron chi connectivity index (χ4n) is 2.74. The van der Waals surface area contributed by atoms with E-state index in [2.05, 4.69) is 4.90 Å². The van der Waals surface area contributed by atoms with E-state index >= 15 is 0 Å². The van der Waals surface area contributed by atoms with Crippen molar-refractivity contribution >= 4 is 11.7 Å². The Morgan fingerprint density at radius 3 is 2.80 bits per heavy atom. The Morgan fingerprint density at radius 2 is 2.15 bits per heavy atom. The molecule has 0 spiro atoms. The van der Waals surface area contributed by atoms with Crippen LogP contribution in [0.15, 0.2) is 18.2 Å². The topological polar surface area (TPSA) is 75.8 Å². The van der Waals surface area contributed by atoms with Gasteiger partial charge in [-0.05, 0) is 37.4 Å². The summed E-state index contributed by atoms with van der Waals surface area (Å²) in [5.41, 5.74) is 7.09. The second-order valence-electron chi connectivity index (χ2n) is 5.44. The Morgan fingerprint density at radius 1 is 1.45 bits per heavy atom. The van der Waals surface area contributed by atoms with Crippen LogP contribution in [-0.2, 0) is 11.3 Å². The molecule has 0 amide bonds. The van der Waals surface area contributed by atoms with E-state index in [4.69, 9.17) is 10.5 Å². The van der Waals surface area contributed by atoms with Crippen molar-refractivity contribution in [3.8, 4) is 0 Å². The van der Waals surface area contributed by atoms with Gasteiger partial charge in [-0.25, -0.2) is 4.79 Å². The lowest BCUT2D eigenvalue weighted by atomic mass is 9.99. The van der Waals surface area contributed by atoms with Gasteiger partial charge in [-0.3, -0.25) is 0 Å². The summed E-state index contributed by atoms with van der Waals surface area (Å²) in [7, 11) is 2.02. The molecule has 2 rings (SSSR count). The highest BCUT2D eigenvalue weighted by Gasteiger charge is 2.18. The predicted molar refractivity (Wildman–Crippen MR) is 77.7 cm³/mol. The Bertz CT molecular complexity index is 470. The quantitative estimate of drug-likeness (QED) is 0.804. The van der Waals surface area contributed by atoms with Crippen molar-refractivity contribution in [2.24, 2.45) is 5.92 Å². The van der Waals surface area contributed by atoms with Crippen LogP contribution in [-0.4, -0.2) is 42.8 Å². The first-order chi connectivity index (χ1) is 9.58. The van der Waals surface area contributed by atoms with Crippen LogP contribution < -0.4 is 5.73 Å². The maximum absolute atomic E-state index is 11.3. The van der Waals surface area contributed by atoms with E-state index in [0.29, 0.717) is 18.2 Å². The SMILES string of the molecule is CN(Cc1cccc(N)c1C(=O)O)CC1CCOCC1. The van der Waals surface area contributed by atoms with E-state index in [1.54, 1.807) is 12.1 Å². The third-order valence-corrected chi connectivity index (χ3v) is 3.75. The van der Waals surface area contributed by atoms with Crippen molar-refractivity contribution in [3.05, 3.63) is 29.3 Å². The van der Waals surface area contributed by atoms with Gasteiger partial charge < -0.3 is 20.5 Å². The molecule has 0 unspecified atom stereocenters. The van der Waals surface area contributed by atoms with Crippen molar-refractivity contribution in [1.29, 1.82) is 0 Å². The average molecular weight is 278 g/mol. The largest absolute Gasteiger partial charge is 0.478 e. The van der Waals surface area contributed by atoms with E-state index in [0.717, 1.165) is 38.2 Å². The third-order valence-electron chi connectivity index (χ3n) is 3.75. The number of nitrogens with two attached hydrogens (primary N) is 1. The molecular weight excluding hydrogens is 256 g/mol. The van der Waals surface area contributed by atoms with Crippen molar-refractivity contribution < 1.29 is 14.6 Å². The second-order valence-corrected chi connectivity index (χ2v) is 5.44. The fraction of sp³-hybridized carbons (Fsp3) is 0.533. The van der Waals surface area contributed by atoms with Gasteiger partial charge in [-0.1, -0.05) is 12.1 Å². The Labute approximate surface area is 119 Å². The van der Waals surface area contributed by atoms with Gasteiger partial charge in [-0.15, -0.1) is 0 Å². The summed E-state index contributed by atoms with van der Waals surface area (Å²) < 4.78 is 5.35. The summed E-state index contributed by atoms with van der Waals surface area (Å²) in [5.74, 6) is -0.333. The maximum atomic E-state index is 11.3. The van der Waals surface area contributed by atoms with Crippen LogP contribution in [0, 0.1) is 5.92 Å². The summed E-state index contributed by atoms with van der Waals surface area (Å²) in [6.07, 6.45) is 2.15. The second kappa shape index (κ2) is 6.72. The standard InChI is InChI=1S/C15H22N2O3/c1-17(9-11-5-7-20-8-6-11)10-12-3-2-4-13(16)14(12)15(18)19/h2-4,11H,5-10,16H2,1H3,(H,18,19). The van der Waals surface area contributed by atoms with Crippen LogP contribution in [0.1, 0.15) is 28.8 Å². The maximum Gasteiger partial charge on any atom is 0.338 e. The zero-order valence-corrected chi connectivity index (χ0v) is 11.8. The first kappa shape index (κ1) is 14.8. The molecule has 1 heterocycles. The molecule has 0 radical (unpaired) electrons. The molecule has 1 aromatic rings. The van der Waals surface area contributed by atoms with Gasteiger partial charge in [0.05, 0.1) is 5.56 Å². The number of anilines is 1. The Hall–Kier alpha value is -1.59. The molecule has 1 saturated heterocycles. The van der Waals surface area contributed by atoms with E-state index in [9.17, 15) is 9.90 Å². The first-order valence-electron chi connectivity index (χ1n) is 6.95. The van der Waals surface area contributed by atoms with Crippen LogP contribution in [0.25, 0.3) is 0 Å². The van der Waals surface area contributed by atoms with E-state index in [-0.39, 0.29) is 5.56 Å². The van der Waals surface area contributed by atoms with Crippen molar-refractivity contribution in [2.75, 3.05) is 32.5 Å².